The summed E-state index contributed by atoms with van der Waals surface area (Å²) in [6.07, 6.45) is 1.48. The van der Waals surface area contributed by atoms with Gasteiger partial charge in [-0.25, -0.2) is 0 Å². The number of benzene rings is 2. The van der Waals surface area contributed by atoms with Crippen molar-refractivity contribution in [1.82, 2.24) is 5.32 Å². The first-order chi connectivity index (χ1) is 15.1. The first kappa shape index (κ1) is 19.7. The Labute approximate surface area is 181 Å². The molecule has 0 aromatic heterocycles. The van der Waals surface area contributed by atoms with Crippen LogP contribution in [0.5, 0.6) is 17.2 Å². The van der Waals surface area contributed by atoms with Crippen LogP contribution in [0, 0.1) is 5.92 Å². The number of amides is 2. The van der Waals surface area contributed by atoms with Gasteiger partial charge in [-0.05, 0) is 30.5 Å². The van der Waals surface area contributed by atoms with Gasteiger partial charge in [0, 0.05) is 36.3 Å². The molecule has 0 saturated heterocycles. The maximum Gasteiger partial charge on any atom is 0.245 e. The zero-order valence-electron chi connectivity index (χ0n) is 17.8. The molecule has 1 spiro atoms. The smallest absolute Gasteiger partial charge is 0.245 e. The summed E-state index contributed by atoms with van der Waals surface area (Å²) in [7, 11) is 0. The van der Waals surface area contributed by atoms with Crippen LogP contribution in [-0.2, 0) is 15.0 Å². The van der Waals surface area contributed by atoms with Crippen molar-refractivity contribution < 1.29 is 23.8 Å². The van der Waals surface area contributed by atoms with E-state index in [4.69, 9.17) is 14.2 Å². The highest BCUT2D eigenvalue weighted by Gasteiger charge is 2.57. The number of carbonyl (C=O) groups excluding carboxylic acids is 2. The first-order valence-electron chi connectivity index (χ1n) is 10.8. The second-order valence-corrected chi connectivity index (χ2v) is 8.32. The lowest BCUT2D eigenvalue weighted by atomic mass is 9.77. The summed E-state index contributed by atoms with van der Waals surface area (Å²) in [5.41, 5.74) is 1.78. The van der Waals surface area contributed by atoms with E-state index in [0.29, 0.717) is 36.8 Å². The predicted molar refractivity (Wildman–Crippen MR) is 115 cm³/mol. The van der Waals surface area contributed by atoms with Crippen molar-refractivity contribution in [2.45, 2.75) is 32.1 Å². The van der Waals surface area contributed by atoms with Gasteiger partial charge >= 0.3 is 0 Å². The van der Waals surface area contributed by atoms with Crippen molar-refractivity contribution >= 4 is 17.5 Å². The van der Waals surface area contributed by atoms with Gasteiger partial charge < -0.3 is 24.4 Å². The van der Waals surface area contributed by atoms with Gasteiger partial charge in [0.25, 0.3) is 0 Å². The fraction of sp³-hybridized carbons (Fsp3) is 0.417. The zero-order chi connectivity index (χ0) is 21.6. The fourth-order valence-electron chi connectivity index (χ4n) is 4.60. The Kier molecular flexibility index (Phi) is 4.76. The quantitative estimate of drug-likeness (QED) is 0.725. The average molecular weight is 422 g/mol. The van der Waals surface area contributed by atoms with Gasteiger partial charge in [-0.2, -0.15) is 0 Å². The van der Waals surface area contributed by atoms with Crippen molar-refractivity contribution in [3.8, 4) is 17.2 Å². The molecular formula is C24H26N2O5. The van der Waals surface area contributed by atoms with Crippen molar-refractivity contribution in [1.29, 1.82) is 0 Å². The van der Waals surface area contributed by atoms with Gasteiger partial charge in [0.05, 0.1) is 0 Å². The average Bonchev–Trinajstić information content (AvgIpc) is 3.46. The second kappa shape index (κ2) is 7.48. The fourth-order valence-corrected chi connectivity index (χ4v) is 4.60. The Bertz CT molecular complexity index is 1050. The number of fused-ring (bicyclic) bond motifs is 5. The van der Waals surface area contributed by atoms with E-state index >= 15 is 0 Å². The Hall–Kier alpha value is -3.22. The molecule has 0 saturated carbocycles. The van der Waals surface area contributed by atoms with E-state index < -0.39 is 5.41 Å². The summed E-state index contributed by atoms with van der Waals surface area (Å²) in [5.74, 6) is 2.00. The van der Waals surface area contributed by atoms with Crippen molar-refractivity contribution in [2.24, 2.45) is 5.92 Å². The van der Waals surface area contributed by atoms with Crippen molar-refractivity contribution in [3.05, 3.63) is 47.5 Å². The Morgan fingerprint density at radius 1 is 1.13 bits per heavy atom. The highest BCUT2D eigenvalue weighted by molar-refractivity contribution is 6.11. The molecule has 3 aliphatic rings. The van der Waals surface area contributed by atoms with Gasteiger partial charge in [0.2, 0.25) is 18.6 Å². The summed E-state index contributed by atoms with van der Waals surface area (Å²) < 4.78 is 17.0. The molecule has 2 atom stereocenters. The molecule has 2 aromatic carbocycles. The number of para-hydroxylation sites is 1. The third-order valence-corrected chi connectivity index (χ3v) is 6.56. The molecule has 5 rings (SSSR count). The number of rotatable bonds is 6. The van der Waals surface area contributed by atoms with Crippen LogP contribution in [0.25, 0.3) is 0 Å². The van der Waals surface area contributed by atoms with Gasteiger partial charge in [-0.1, -0.05) is 32.0 Å². The molecule has 2 aromatic rings. The molecule has 3 aliphatic heterocycles. The number of hydrogen-bond acceptors (Lipinski definition) is 5. The van der Waals surface area contributed by atoms with E-state index in [1.807, 2.05) is 55.1 Å². The molecule has 0 aliphatic carbocycles. The lowest BCUT2D eigenvalue weighted by Gasteiger charge is -2.23. The van der Waals surface area contributed by atoms with Crippen LogP contribution < -0.4 is 24.4 Å². The number of nitrogens with one attached hydrogen (secondary N) is 1. The molecule has 162 valence electrons. The van der Waals surface area contributed by atoms with Crippen LogP contribution in [0.1, 0.15) is 37.8 Å². The van der Waals surface area contributed by atoms with E-state index in [1.165, 1.54) is 0 Å². The SMILES string of the molecule is CCC(C)C(=O)NCCCN1C(=O)C2(COc3cc4c(cc32)OCO4)c2ccccc21. The minimum absolute atomic E-state index is 0.000400. The normalized spacial score (nSPS) is 21.1. The van der Waals surface area contributed by atoms with E-state index in [1.54, 1.807) is 0 Å². The summed E-state index contributed by atoms with van der Waals surface area (Å²) in [4.78, 5) is 27.7. The predicted octanol–water partition coefficient (Wildman–Crippen LogP) is 2.99. The Balaban J connectivity index is 1.41. The molecule has 3 heterocycles. The van der Waals surface area contributed by atoms with E-state index in [2.05, 4.69) is 5.32 Å². The minimum atomic E-state index is -0.882. The van der Waals surface area contributed by atoms with Crippen LogP contribution in [0.4, 0.5) is 5.69 Å². The number of ether oxygens (including phenoxy) is 3. The highest BCUT2D eigenvalue weighted by Crippen LogP contribution is 2.54. The number of carbonyl (C=O) groups is 2. The van der Waals surface area contributed by atoms with Gasteiger partial charge in [0.1, 0.15) is 17.8 Å². The first-order valence-corrected chi connectivity index (χ1v) is 10.8. The van der Waals surface area contributed by atoms with Gasteiger partial charge in [-0.15, -0.1) is 0 Å². The topological polar surface area (TPSA) is 77.1 Å². The molecule has 0 fully saturated rings. The molecule has 7 heteroatoms. The molecule has 31 heavy (non-hydrogen) atoms. The maximum absolute atomic E-state index is 13.8. The van der Waals surface area contributed by atoms with E-state index in [0.717, 1.165) is 23.2 Å². The number of anilines is 1. The standard InChI is InChI=1S/C24H26N2O5/c1-3-15(2)22(27)25-9-6-10-26-18-8-5-4-7-16(18)24(23(26)28)13-29-19-12-21-20(11-17(19)24)30-14-31-21/h4-5,7-8,11-12,15H,3,6,9-10,13-14H2,1-2H3,(H,25,27). The molecular weight excluding hydrogens is 396 g/mol. The highest BCUT2D eigenvalue weighted by atomic mass is 16.7. The lowest BCUT2D eigenvalue weighted by molar-refractivity contribution is -0.124. The van der Waals surface area contributed by atoms with Crippen LogP contribution in [0.15, 0.2) is 36.4 Å². The lowest BCUT2D eigenvalue weighted by Crippen LogP contribution is -2.43. The van der Waals surface area contributed by atoms with Crippen LogP contribution in [0.2, 0.25) is 0 Å². The Morgan fingerprint density at radius 2 is 1.90 bits per heavy atom. The summed E-state index contributed by atoms with van der Waals surface area (Å²) in [6.45, 7) is 5.40. The monoisotopic (exact) mass is 422 g/mol. The van der Waals surface area contributed by atoms with E-state index in [9.17, 15) is 9.59 Å². The Morgan fingerprint density at radius 3 is 2.71 bits per heavy atom. The minimum Gasteiger partial charge on any atom is -0.491 e. The summed E-state index contributed by atoms with van der Waals surface area (Å²) in [5, 5.41) is 2.97. The molecule has 0 bridgehead atoms. The molecule has 2 unspecified atom stereocenters. The van der Waals surface area contributed by atoms with Crippen LogP contribution >= 0.6 is 0 Å². The van der Waals surface area contributed by atoms with Crippen molar-refractivity contribution in [2.75, 3.05) is 31.4 Å². The molecule has 0 radical (unpaired) electrons. The van der Waals surface area contributed by atoms with E-state index in [-0.39, 0.29) is 31.1 Å². The van der Waals surface area contributed by atoms with Crippen LogP contribution in [0.3, 0.4) is 0 Å². The molecule has 1 N–H and O–H groups in total. The summed E-state index contributed by atoms with van der Waals surface area (Å²) >= 11 is 0. The van der Waals surface area contributed by atoms with Crippen LogP contribution in [-0.4, -0.2) is 38.3 Å². The third kappa shape index (κ3) is 2.94. The largest absolute Gasteiger partial charge is 0.491 e. The molecule has 7 nitrogen and oxygen atoms in total. The summed E-state index contributed by atoms with van der Waals surface area (Å²) in [6, 6.07) is 11.6. The number of nitrogens with zero attached hydrogens (tertiary/aromatic N) is 1. The van der Waals surface area contributed by atoms with Gasteiger partial charge in [-0.3, -0.25) is 9.59 Å². The maximum atomic E-state index is 13.8. The second-order valence-electron chi connectivity index (χ2n) is 8.32. The third-order valence-electron chi connectivity index (χ3n) is 6.56. The zero-order valence-corrected chi connectivity index (χ0v) is 17.8. The number of hydrogen-bond donors (Lipinski definition) is 1. The van der Waals surface area contributed by atoms with Gasteiger partial charge in [0.15, 0.2) is 11.5 Å². The molecule has 2 amide bonds. The van der Waals surface area contributed by atoms with Crippen molar-refractivity contribution in [3.63, 3.8) is 0 Å².